The van der Waals surface area contributed by atoms with Crippen LogP contribution in [0.1, 0.15) is 18.3 Å². The second-order valence-electron chi connectivity index (χ2n) is 5.43. The van der Waals surface area contributed by atoms with Gasteiger partial charge in [-0.05, 0) is 48.9 Å². The highest BCUT2D eigenvalue weighted by atomic mass is 35.5. The van der Waals surface area contributed by atoms with Crippen molar-refractivity contribution in [2.24, 2.45) is 0 Å². The number of halogens is 1. The lowest BCUT2D eigenvalue weighted by Gasteiger charge is -2.22. The molecule has 6 heteroatoms. The van der Waals surface area contributed by atoms with Crippen molar-refractivity contribution >= 4 is 11.6 Å². The van der Waals surface area contributed by atoms with Gasteiger partial charge in [0.15, 0.2) is 0 Å². The number of ether oxygens (including phenoxy) is 2. The zero-order chi connectivity index (χ0) is 17.2. The molecule has 2 aromatic carbocycles. The van der Waals surface area contributed by atoms with Gasteiger partial charge >= 0.3 is 0 Å². The molecule has 124 valence electrons. The van der Waals surface area contributed by atoms with Crippen LogP contribution in [-0.4, -0.2) is 22.2 Å². The monoisotopic (exact) mass is 344 g/mol. The Morgan fingerprint density at radius 1 is 1.12 bits per heavy atom. The number of aliphatic hydroxyl groups is 1. The average molecular weight is 345 g/mol. The highest BCUT2D eigenvalue weighted by molar-refractivity contribution is 6.32. The van der Waals surface area contributed by atoms with Crippen LogP contribution in [0.2, 0.25) is 5.02 Å². The Balaban J connectivity index is 1.84. The molecule has 1 unspecified atom stereocenters. The summed E-state index contributed by atoms with van der Waals surface area (Å²) in [4.78, 5) is 7.02. The smallest absolute Gasteiger partial charge is 0.146 e. The van der Waals surface area contributed by atoms with Crippen LogP contribution < -0.4 is 9.47 Å². The molecule has 1 aromatic heterocycles. The first-order valence-corrected chi connectivity index (χ1v) is 7.72. The maximum atomic E-state index is 10.7. The molecule has 5 nitrogen and oxygen atoms in total. The van der Waals surface area contributed by atoms with Crippen molar-refractivity contribution in [2.75, 3.05) is 7.11 Å². The molecule has 0 amide bonds. The molecule has 1 heterocycles. The molecular weight excluding hydrogens is 328 g/mol. The van der Waals surface area contributed by atoms with Crippen molar-refractivity contribution < 1.29 is 14.6 Å². The lowest BCUT2D eigenvalue weighted by Crippen LogP contribution is -2.24. The van der Waals surface area contributed by atoms with Crippen molar-refractivity contribution in [2.45, 2.75) is 12.5 Å². The molecule has 0 saturated heterocycles. The van der Waals surface area contributed by atoms with Gasteiger partial charge in [0.25, 0.3) is 0 Å². The topological polar surface area (TPSA) is 67.4 Å². The van der Waals surface area contributed by atoms with Gasteiger partial charge in [-0.1, -0.05) is 17.7 Å². The number of methoxy groups -OCH3 is 1. The molecule has 3 aromatic rings. The average Bonchev–Trinajstić information content (AvgIpc) is 3.12. The summed E-state index contributed by atoms with van der Waals surface area (Å²) in [5.74, 6) is 2.34. The normalized spacial score (nSPS) is 13.3. The number of benzene rings is 2. The number of H-pyrrole nitrogens is 1. The van der Waals surface area contributed by atoms with Gasteiger partial charge in [-0.15, -0.1) is 0 Å². The molecule has 0 aliphatic heterocycles. The van der Waals surface area contributed by atoms with Crippen molar-refractivity contribution in [3.8, 4) is 17.2 Å². The van der Waals surface area contributed by atoms with E-state index in [-0.39, 0.29) is 0 Å². The summed E-state index contributed by atoms with van der Waals surface area (Å²) in [6, 6.07) is 12.3. The van der Waals surface area contributed by atoms with E-state index >= 15 is 0 Å². The summed E-state index contributed by atoms with van der Waals surface area (Å²) >= 11 is 6.31. The van der Waals surface area contributed by atoms with Gasteiger partial charge in [-0.3, -0.25) is 0 Å². The van der Waals surface area contributed by atoms with Crippen LogP contribution in [0.5, 0.6) is 17.2 Å². The number of rotatable bonds is 5. The van der Waals surface area contributed by atoms with E-state index in [1.54, 1.807) is 68.9 Å². The maximum absolute atomic E-state index is 10.7. The van der Waals surface area contributed by atoms with Crippen LogP contribution in [0, 0.1) is 0 Å². The molecule has 0 radical (unpaired) electrons. The lowest BCUT2D eigenvalue weighted by molar-refractivity contribution is 0.0931. The fourth-order valence-electron chi connectivity index (χ4n) is 2.33. The van der Waals surface area contributed by atoms with Gasteiger partial charge in [0.2, 0.25) is 0 Å². The molecule has 0 bridgehead atoms. The first-order chi connectivity index (χ1) is 11.5. The SMILES string of the molecule is COc1ccc(Oc2ccc(C(C)(O)c3ncc[nH]3)cc2Cl)cc1. The summed E-state index contributed by atoms with van der Waals surface area (Å²) in [6.45, 7) is 1.65. The number of hydrogen-bond donors (Lipinski definition) is 2. The second-order valence-corrected chi connectivity index (χ2v) is 5.84. The first kappa shape index (κ1) is 16.4. The van der Waals surface area contributed by atoms with Gasteiger partial charge in [0.05, 0.1) is 12.1 Å². The minimum Gasteiger partial charge on any atom is -0.497 e. The van der Waals surface area contributed by atoms with Crippen LogP contribution in [0.25, 0.3) is 0 Å². The van der Waals surface area contributed by atoms with Crippen LogP contribution >= 0.6 is 11.6 Å². The van der Waals surface area contributed by atoms with Crippen molar-refractivity contribution in [3.63, 3.8) is 0 Å². The van der Waals surface area contributed by atoms with Crippen molar-refractivity contribution in [3.05, 3.63) is 71.3 Å². The predicted octanol–water partition coefficient (Wildman–Crippen LogP) is 4.12. The minimum absolute atomic E-state index is 0.398. The van der Waals surface area contributed by atoms with Crippen molar-refractivity contribution in [1.29, 1.82) is 0 Å². The Labute approximate surface area is 144 Å². The van der Waals surface area contributed by atoms with E-state index in [4.69, 9.17) is 21.1 Å². The Bertz CT molecular complexity index is 815. The van der Waals surface area contributed by atoms with Gasteiger partial charge in [0, 0.05) is 12.4 Å². The van der Waals surface area contributed by atoms with E-state index in [2.05, 4.69) is 9.97 Å². The van der Waals surface area contributed by atoms with Gasteiger partial charge in [0.1, 0.15) is 28.7 Å². The standard InChI is InChI=1S/C18H17ClN2O3/c1-18(22,17-20-9-10-21-17)12-3-8-16(15(19)11-12)24-14-6-4-13(23-2)5-7-14/h3-11,22H,1-2H3,(H,20,21). The summed E-state index contributed by atoms with van der Waals surface area (Å²) in [6.07, 6.45) is 3.25. The number of aromatic nitrogens is 2. The Kier molecular flexibility index (Phi) is 4.46. The Hall–Kier alpha value is -2.50. The Morgan fingerprint density at radius 3 is 2.42 bits per heavy atom. The zero-order valence-electron chi connectivity index (χ0n) is 13.3. The van der Waals surface area contributed by atoms with Crippen LogP contribution in [0.4, 0.5) is 0 Å². The lowest BCUT2D eigenvalue weighted by atomic mass is 9.95. The first-order valence-electron chi connectivity index (χ1n) is 7.35. The van der Waals surface area contributed by atoms with Gasteiger partial charge < -0.3 is 19.6 Å². The number of nitrogens with one attached hydrogen (secondary N) is 1. The van der Waals surface area contributed by atoms with Gasteiger partial charge in [-0.2, -0.15) is 0 Å². The molecule has 0 spiro atoms. The molecule has 24 heavy (non-hydrogen) atoms. The van der Waals surface area contributed by atoms with Gasteiger partial charge in [-0.25, -0.2) is 4.98 Å². The zero-order valence-corrected chi connectivity index (χ0v) is 14.0. The van der Waals surface area contributed by atoms with Crippen LogP contribution in [0.15, 0.2) is 54.9 Å². The van der Waals surface area contributed by atoms with E-state index in [0.29, 0.717) is 27.9 Å². The summed E-state index contributed by atoms with van der Waals surface area (Å²) < 4.78 is 10.9. The third-order valence-corrected chi connectivity index (χ3v) is 4.04. The molecule has 0 aliphatic rings. The number of hydrogen-bond acceptors (Lipinski definition) is 4. The molecule has 0 saturated carbocycles. The quantitative estimate of drug-likeness (QED) is 0.730. The molecule has 2 N–H and O–H groups in total. The predicted molar refractivity (Wildman–Crippen MR) is 91.8 cm³/mol. The highest BCUT2D eigenvalue weighted by Gasteiger charge is 2.29. The van der Waals surface area contributed by atoms with Crippen molar-refractivity contribution in [1.82, 2.24) is 9.97 Å². The maximum Gasteiger partial charge on any atom is 0.146 e. The molecule has 1 atom stereocenters. The molecule has 0 fully saturated rings. The van der Waals surface area contributed by atoms with E-state index in [1.807, 2.05) is 0 Å². The minimum atomic E-state index is -1.27. The summed E-state index contributed by atoms with van der Waals surface area (Å²) in [7, 11) is 1.61. The van der Waals surface area contributed by atoms with E-state index in [0.717, 1.165) is 5.75 Å². The molecule has 0 aliphatic carbocycles. The third-order valence-electron chi connectivity index (χ3n) is 3.74. The van der Waals surface area contributed by atoms with Crippen LogP contribution in [-0.2, 0) is 5.60 Å². The van der Waals surface area contributed by atoms with E-state index in [9.17, 15) is 5.11 Å². The highest BCUT2D eigenvalue weighted by Crippen LogP contribution is 2.35. The second kappa shape index (κ2) is 6.55. The number of imidazole rings is 1. The Morgan fingerprint density at radius 2 is 1.83 bits per heavy atom. The largest absolute Gasteiger partial charge is 0.497 e. The number of aromatic amines is 1. The van der Waals surface area contributed by atoms with E-state index in [1.165, 1.54) is 0 Å². The summed E-state index contributed by atoms with van der Waals surface area (Å²) in [5, 5.41) is 11.1. The fraction of sp³-hybridized carbons (Fsp3) is 0.167. The fourth-order valence-corrected chi connectivity index (χ4v) is 2.54. The van der Waals surface area contributed by atoms with Crippen LogP contribution in [0.3, 0.4) is 0 Å². The molecular formula is C18H17ClN2O3. The number of nitrogens with zero attached hydrogens (tertiary/aromatic N) is 1. The summed E-state index contributed by atoms with van der Waals surface area (Å²) in [5.41, 5.74) is -0.657. The van der Waals surface area contributed by atoms with E-state index < -0.39 is 5.60 Å². The molecule has 3 rings (SSSR count). The third kappa shape index (κ3) is 3.22.